The molecule has 0 atom stereocenters. The molecule has 0 radical (unpaired) electrons. The quantitative estimate of drug-likeness (QED) is 0.446. The van der Waals surface area contributed by atoms with Gasteiger partial charge in [-0.25, -0.2) is 0 Å². The van der Waals surface area contributed by atoms with Crippen molar-refractivity contribution < 1.29 is 4.74 Å². The molecule has 3 aromatic rings. The van der Waals surface area contributed by atoms with Crippen molar-refractivity contribution in [3.05, 3.63) is 70.2 Å². The molecule has 0 aliphatic heterocycles. The van der Waals surface area contributed by atoms with E-state index in [1.54, 1.807) is 0 Å². The van der Waals surface area contributed by atoms with E-state index in [0.717, 1.165) is 21.3 Å². The smallest absolute Gasteiger partial charge is 0.128 e. The Hall–Kier alpha value is -1.32. The van der Waals surface area contributed by atoms with Gasteiger partial charge in [0.15, 0.2) is 0 Å². The number of aryl methyl sites for hydroxylation is 1. The van der Waals surface area contributed by atoms with Gasteiger partial charge in [0.2, 0.25) is 0 Å². The van der Waals surface area contributed by atoms with Crippen molar-refractivity contribution in [1.82, 2.24) is 0 Å². The van der Waals surface area contributed by atoms with Gasteiger partial charge in [0.25, 0.3) is 0 Å². The van der Waals surface area contributed by atoms with E-state index in [4.69, 9.17) is 4.74 Å². The van der Waals surface area contributed by atoms with Crippen LogP contribution in [0, 0.1) is 6.92 Å². The summed E-state index contributed by atoms with van der Waals surface area (Å²) in [6, 6.07) is 18.6. The highest BCUT2D eigenvalue weighted by Gasteiger charge is 2.03. The molecule has 0 unspecified atom stereocenters. The molecule has 0 aliphatic carbocycles. The minimum atomic E-state index is 0.857. The predicted molar refractivity (Wildman–Crippen MR) is 95.5 cm³/mol. The van der Waals surface area contributed by atoms with E-state index in [1.807, 2.05) is 18.2 Å². The maximum atomic E-state index is 5.97. The lowest BCUT2D eigenvalue weighted by atomic mass is 10.1. The third-order valence-electron chi connectivity index (χ3n) is 3.47. The molecule has 0 aliphatic rings. The van der Waals surface area contributed by atoms with Crippen LogP contribution in [0.25, 0.3) is 10.8 Å². The summed E-state index contributed by atoms with van der Waals surface area (Å²) in [5, 5.41) is 3.23. The summed E-state index contributed by atoms with van der Waals surface area (Å²) in [6.07, 6.45) is 0. The van der Waals surface area contributed by atoms with Gasteiger partial charge in [0.1, 0.15) is 11.5 Å². The normalized spacial score (nSPS) is 10.8. The van der Waals surface area contributed by atoms with Gasteiger partial charge in [-0.2, -0.15) is 0 Å². The van der Waals surface area contributed by atoms with Crippen molar-refractivity contribution in [1.29, 1.82) is 0 Å². The SMILES string of the molecule is Cc1cc(Oc2ccc3cc(Br)ccc3c2)ccc1CBr. The zero-order valence-corrected chi connectivity index (χ0v) is 14.7. The van der Waals surface area contributed by atoms with Crippen LogP contribution in [0.3, 0.4) is 0 Å². The molecule has 0 bridgehead atoms. The number of rotatable bonds is 3. The first-order valence-electron chi connectivity index (χ1n) is 6.68. The highest BCUT2D eigenvalue weighted by Crippen LogP contribution is 2.28. The Kier molecular flexibility index (Phi) is 4.32. The van der Waals surface area contributed by atoms with Crippen LogP contribution in [0.15, 0.2) is 59.1 Å². The van der Waals surface area contributed by atoms with Crippen LogP contribution in [0.1, 0.15) is 11.1 Å². The summed E-state index contributed by atoms with van der Waals surface area (Å²) in [7, 11) is 0. The fourth-order valence-electron chi connectivity index (χ4n) is 2.28. The largest absolute Gasteiger partial charge is 0.457 e. The molecule has 0 fully saturated rings. The summed E-state index contributed by atoms with van der Waals surface area (Å²) in [6.45, 7) is 2.10. The summed E-state index contributed by atoms with van der Waals surface area (Å²) in [5.41, 5.74) is 2.51. The maximum absolute atomic E-state index is 5.97. The lowest BCUT2D eigenvalue weighted by Gasteiger charge is -2.09. The standard InChI is InChI=1S/C18H14Br2O/c1-12-8-17(7-4-15(12)11-19)21-18-6-3-13-9-16(20)5-2-14(13)10-18/h2-10H,11H2,1H3. The molecule has 0 spiro atoms. The zero-order chi connectivity index (χ0) is 14.8. The van der Waals surface area contributed by atoms with Gasteiger partial charge < -0.3 is 4.74 Å². The van der Waals surface area contributed by atoms with Gasteiger partial charge in [0, 0.05) is 9.80 Å². The van der Waals surface area contributed by atoms with Crippen molar-refractivity contribution in [2.45, 2.75) is 12.3 Å². The molecule has 3 aromatic carbocycles. The van der Waals surface area contributed by atoms with E-state index in [-0.39, 0.29) is 0 Å². The number of hydrogen-bond acceptors (Lipinski definition) is 1. The fraction of sp³-hybridized carbons (Fsp3) is 0.111. The Morgan fingerprint density at radius 3 is 2.29 bits per heavy atom. The molecule has 0 saturated heterocycles. The van der Waals surface area contributed by atoms with E-state index in [1.165, 1.54) is 21.9 Å². The second-order valence-electron chi connectivity index (χ2n) is 4.98. The summed E-state index contributed by atoms with van der Waals surface area (Å²) < 4.78 is 7.06. The van der Waals surface area contributed by atoms with Gasteiger partial charge in [-0.1, -0.05) is 50.1 Å². The number of benzene rings is 3. The number of fused-ring (bicyclic) bond motifs is 1. The number of halogens is 2. The topological polar surface area (TPSA) is 9.23 Å². The average molecular weight is 406 g/mol. The van der Waals surface area contributed by atoms with Gasteiger partial charge in [-0.15, -0.1) is 0 Å². The van der Waals surface area contributed by atoms with Crippen molar-refractivity contribution in [2.75, 3.05) is 0 Å². The Morgan fingerprint density at radius 2 is 1.52 bits per heavy atom. The van der Waals surface area contributed by atoms with Crippen molar-refractivity contribution in [3.8, 4) is 11.5 Å². The van der Waals surface area contributed by atoms with Crippen LogP contribution in [-0.2, 0) is 5.33 Å². The summed E-state index contributed by atoms with van der Waals surface area (Å²) in [4.78, 5) is 0. The molecular formula is C18H14Br2O. The van der Waals surface area contributed by atoms with Crippen LogP contribution in [-0.4, -0.2) is 0 Å². The zero-order valence-electron chi connectivity index (χ0n) is 11.6. The van der Waals surface area contributed by atoms with Crippen LogP contribution in [0.4, 0.5) is 0 Å². The third kappa shape index (κ3) is 3.30. The van der Waals surface area contributed by atoms with E-state index >= 15 is 0 Å². The first-order valence-corrected chi connectivity index (χ1v) is 8.60. The maximum Gasteiger partial charge on any atom is 0.128 e. The van der Waals surface area contributed by atoms with Crippen LogP contribution in [0.2, 0.25) is 0 Å². The Labute approximate surface area is 141 Å². The molecule has 0 heterocycles. The minimum absolute atomic E-state index is 0.857. The highest BCUT2D eigenvalue weighted by molar-refractivity contribution is 9.10. The number of ether oxygens (including phenoxy) is 1. The molecule has 3 rings (SSSR count). The molecule has 1 nitrogen and oxygen atoms in total. The first-order chi connectivity index (χ1) is 10.2. The van der Waals surface area contributed by atoms with Crippen LogP contribution >= 0.6 is 31.9 Å². The Morgan fingerprint density at radius 1 is 0.857 bits per heavy atom. The van der Waals surface area contributed by atoms with Crippen molar-refractivity contribution in [3.63, 3.8) is 0 Å². The molecule has 0 N–H and O–H groups in total. The van der Waals surface area contributed by atoms with Gasteiger partial charge in [-0.05, 0) is 65.2 Å². The van der Waals surface area contributed by atoms with E-state index in [0.29, 0.717) is 0 Å². The van der Waals surface area contributed by atoms with Gasteiger partial charge in [-0.3, -0.25) is 0 Å². The molecule has 21 heavy (non-hydrogen) atoms. The minimum Gasteiger partial charge on any atom is -0.457 e. The number of alkyl halides is 1. The second kappa shape index (κ2) is 6.20. The summed E-state index contributed by atoms with van der Waals surface area (Å²) >= 11 is 6.98. The lowest BCUT2D eigenvalue weighted by molar-refractivity contribution is 0.483. The molecule has 106 valence electrons. The molecule has 3 heteroatoms. The van der Waals surface area contributed by atoms with E-state index in [2.05, 4.69) is 75.2 Å². The monoisotopic (exact) mass is 404 g/mol. The Bertz CT molecular complexity index is 796. The van der Waals surface area contributed by atoms with E-state index in [9.17, 15) is 0 Å². The molecule has 0 amide bonds. The van der Waals surface area contributed by atoms with E-state index < -0.39 is 0 Å². The van der Waals surface area contributed by atoms with Gasteiger partial charge >= 0.3 is 0 Å². The second-order valence-corrected chi connectivity index (χ2v) is 6.45. The predicted octanol–water partition coefficient (Wildman–Crippen LogP) is 6.60. The van der Waals surface area contributed by atoms with Crippen LogP contribution in [0.5, 0.6) is 11.5 Å². The molecular weight excluding hydrogens is 392 g/mol. The lowest BCUT2D eigenvalue weighted by Crippen LogP contribution is -1.88. The first kappa shape index (κ1) is 14.6. The molecule has 0 aromatic heterocycles. The summed E-state index contributed by atoms with van der Waals surface area (Å²) in [5.74, 6) is 1.73. The highest BCUT2D eigenvalue weighted by atomic mass is 79.9. The molecule has 0 saturated carbocycles. The fourth-order valence-corrected chi connectivity index (χ4v) is 3.28. The number of hydrogen-bond donors (Lipinski definition) is 0. The Balaban J connectivity index is 1.91. The average Bonchev–Trinajstić information content (AvgIpc) is 2.48. The third-order valence-corrected chi connectivity index (χ3v) is 4.56. The van der Waals surface area contributed by atoms with Crippen molar-refractivity contribution in [2.24, 2.45) is 0 Å². The van der Waals surface area contributed by atoms with Crippen LogP contribution < -0.4 is 4.74 Å². The van der Waals surface area contributed by atoms with Gasteiger partial charge in [0.05, 0.1) is 0 Å². The van der Waals surface area contributed by atoms with Crippen molar-refractivity contribution >= 4 is 42.6 Å².